The molecule has 8 heteroatoms. The molecule has 0 aliphatic carbocycles. The van der Waals surface area contributed by atoms with Crippen molar-refractivity contribution < 1.29 is 19.4 Å². The van der Waals surface area contributed by atoms with Crippen LogP contribution < -0.4 is 10.6 Å². The number of hydrogen-bond donors (Lipinski definition) is 3. The number of aliphatic carboxylic acids is 1. The quantitative estimate of drug-likeness (QED) is 0.610. The Hall–Kier alpha value is -2.09. The number of hydrogen-bond acceptors (Lipinski definition) is 4. The summed E-state index contributed by atoms with van der Waals surface area (Å²) in [6, 6.07) is -0.355. The predicted octanol–water partition coefficient (Wildman–Crippen LogP) is -0.248. The number of amides is 2. The van der Waals surface area contributed by atoms with Gasteiger partial charge in [-0.15, -0.1) is 0 Å². The molecule has 2 amide bonds. The van der Waals surface area contributed by atoms with E-state index in [9.17, 15) is 9.59 Å². The largest absolute Gasteiger partial charge is 0.481 e. The standard InChI is InChI=1S/C12H20N4O4/c1-16-6-5-13-10(16)3-4-14-12(19)15-8-9(20-2)7-11(17)18/h5-6,9H,3-4,7-8H2,1-2H3,(H,17,18)(H2,14,15,19). The molecule has 0 saturated heterocycles. The van der Waals surface area contributed by atoms with Crippen molar-refractivity contribution >= 4 is 12.0 Å². The van der Waals surface area contributed by atoms with E-state index in [1.54, 1.807) is 6.20 Å². The highest BCUT2D eigenvalue weighted by atomic mass is 16.5. The summed E-state index contributed by atoms with van der Waals surface area (Å²) in [6.45, 7) is 0.601. The lowest BCUT2D eigenvalue weighted by Gasteiger charge is -2.14. The van der Waals surface area contributed by atoms with E-state index in [2.05, 4.69) is 15.6 Å². The van der Waals surface area contributed by atoms with Crippen LogP contribution in [0.15, 0.2) is 12.4 Å². The van der Waals surface area contributed by atoms with Gasteiger partial charge in [0, 0.05) is 46.1 Å². The number of nitrogens with one attached hydrogen (secondary N) is 2. The molecule has 0 fully saturated rings. The molecule has 3 N–H and O–H groups in total. The Morgan fingerprint density at radius 1 is 1.50 bits per heavy atom. The Morgan fingerprint density at radius 2 is 2.25 bits per heavy atom. The Morgan fingerprint density at radius 3 is 2.80 bits per heavy atom. The van der Waals surface area contributed by atoms with Crippen LogP contribution in [0.4, 0.5) is 4.79 Å². The first kappa shape index (κ1) is 16.0. The van der Waals surface area contributed by atoms with E-state index < -0.39 is 12.1 Å². The van der Waals surface area contributed by atoms with E-state index in [4.69, 9.17) is 9.84 Å². The molecule has 0 radical (unpaired) electrons. The van der Waals surface area contributed by atoms with Gasteiger partial charge >= 0.3 is 12.0 Å². The molecule has 1 unspecified atom stereocenters. The number of carboxylic acid groups (broad SMARTS) is 1. The van der Waals surface area contributed by atoms with E-state index in [0.717, 1.165) is 5.82 Å². The minimum Gasteiger partial charge on any atom is -0.481 e. The summed E-state index contributed by atoms with van der Waals surface area (Å²) in [6.07, 6.45) is 3.48. The summed E-state index contributed by atoms with van der Waals surface area (Å²) in [5, 5.41) is 13.9. The SMILES string of the molecule is COC(CNC(=O)NCCc1nccn1C)CC(=O)O. The van der Waals surface area contributed by atoms with Gasteiger partial charge in [0.05, 0.1) is 12.5 Å². The highest BCUT2D eigenvalue weighted by molar-refractivity contribution is 5.74. The Bertz CT molecular complexity index is 446. The van der Waals surface area contributed by atoms with Gasteiger partial charge in [-0.3, -0.25) is 4.79 Å². The van der Waals surface area contributed by atoms with E-state index in [0.29, 0.717) is 13.0 Å². The molecule has 0 bridgehead atoms. The number of carbonyl (C=O) groups is 2. The third-order valence-corrected chi connectivity index (χ3v) is 2.78. The van der Waals surface area contributed by atoms with E-state index in [1.165, 1.54) is 7.11 Å². The summed E-state index contributed by atoms with van der Waals surface area (Å²) in [5.41, 5.74) is 0. The number of ether oxygens (including phenoxy) is 1. The van der Waals surface area contributed by atoms with Crippen molar-refractivity contribution in [1.29, 1.82) is 0 Å². The third-order valence-electron chi connectivity index (χ3n) is 2.78. The number of aryl methyl sites for hydroxylation is 1. The molecular weight excluding hydrogens is 264 g/mol. The van der Waals surface area contributed by atoms with Crippen molar-refractivity contribution in [3.63, 3.8) is 0 Å². The molecule has 0 saturated carbocycles. The van der Waals surface area contributed by atoms with Crippen LogP contribution in [0.1, 0.15) is 12.2 Å². The molecule has 0 aromatic carbocycles. The fraction of sp³-hybridized carbons (Fsp3) is 0.583. The summed E-state index contributed by atoms with van der Waals surface area (Å²) >= 11 is 0. The summed E-state index contributed by atoms with van der Waals surface area (Å²) < 4.78 is 6.84. The van der Waals surface area contributed by atoms with E-state index in [-0.39, 0.29) is 19.0 Å². The number of methoxy groups -OCH3 is 1. The number of carbonyl (C=O) groups excluding carboxylic acids is 1. The van der Waals surface area contributed by atoms with E-state index in [1.807, 2.05) is 17.8 Å². The van der Waals surface area contributed by atoms with Crippen molar-refractivity contribution in [3.05, 3.63) is 18.2 Å². The van der Waals surface area contributed by atoms with Crippen LogP contribution in [-0.2, 0) is 23.0 Å². The molecule has 1 heterocycles. The molecule has 1 aromatic rings. The molecular formula is C12H20N4O4. The monoisotopic (exact) mass is 284 g/mol. The molecule has 0 spiro atoms. The van der Waals surface area contributed by atoms with Crippen molar-refractivity contribution in [3.8, 4) is 0 Å². The maximum atomic E-state index is 11.5. The first-order valence-corrected chi connectivity index (χ1v) is 6.25. The highest BCUT2D eigenvalue weighted by Gasteiger charge is 2.13. The highest BCUT2D eigenvalue weighted by Crippen LogP contribution is 1.96. The minimum absolute atomic E-state index is 0.149. The fourth-order valence-electron chi connectivity index (χ4n) is 1.63. The zero-order valence-electron chi connectivity index (χ0n) is 11.6. The van der Waals surface area contributed by atoms with Crippen LogP contribution in [-0.4, -0.2) is 53.0 Å². The lowest BCUT2D eigenvalue weighted by Crippen LogP contribution is -2.41. The molecule has 1 aromatic heterocycles. The van der Waals surface area contributed by atoms with Crippen LogP contribution in [0.2, 0.25) is 0 Å². The number of nitrogens with zero attached hydrogens (tertiary/aromatic N) is 2. The van der Waals surface area contributed by atoms with Gasteiger partial charge in [0.1, 0.15) is 5.82 Å². The second-order valence-electron chi connectivity index (χ2n) is 4.30. The van der Waals surface area contributed by atoms with E-state index >= 15 is 0 Å². The van der Waals surface area contributed by atoms with Gasteiger partial charge in [-0.2, -0.15) is 0 Å². The Kier molecular flexibility index (Phi) is 6.51. The van der Waals surface area contributed by atoms with Gasteiger partial charge in [0.25, 0.3) is 0 Å². The molecule has 8 nitrogen and oxygen atoms in total. The topological polar surface area (TPSA) is 105 Å². The van der Waals surface area contributed by atoms with Crippen molar-refractivity contribution in [1.82, 2.24) is 20.2 Å². The maximum absolute atomic E-state index is 11.5. The van der Waals surface area contributed by atoms with Crippen molar-refractivity contribution in [2.24, 2.45) is 7.05 Å². The average Bonchev–Trinajstić information content (AvgIpc) is 2.80. The number of carboxylic acids is 1. The normalized spacial score (nSPS) is 11.9. The van der Waals surface area contributed by atoms with Gasteiger partial charge in [-0.1, -0.05) is 0 Å². The smallest absolute Gasteiger partial charge is 0.314 e. The average molecular weight is 284 g/mol. The summed E-state index contributed by atoms with van der Waals surface area (Å²) in [7, 11) is 3.30. The van der Waals surface area contributed by atoms with Crippen molar-refractivity contribution in [2.45, 2.75) is 18.9 Å². The van der Waals surface area contributed by atoms with Gasteiger partial charge < -0.3 is 25.0 Å². The lowest BCUT2D eigenvalue weighted by molar-refractivity contribution is -0.139. The number of aromatic nitrogens is 2. The van der Waals surface area contributed by atoms with Gasteiger partial charge in [0.2, 0.25) is 0 Å². The Balaban J connectivity index is 2.20. The fourth-order valence-corrected chi connectivity index (χ4v) is 1.63. The third kappa shape index (κ3) is 5.70. The van der Waals surface area contributed by atoms with Gasteiger partial charge in [-0.25, -0.2) is 9.78 Å². The maximum Gasteiger partial charge on any atom is 0.314 e. The molecule has 0 aliphatic heterocycles. The first-order chi connectivity index (χ1) is 9.52. The molecule has 20 heavy (non-hydrogen) atoms. The van der Waals surface area contributed by atoms with Crippen LogP contribution in [0, 0.1) is 0 Å². The van der Waals surface area contributed by atoms with Crippen LogP contribution >= 0.6 is 0 Å². The van der Waals surface area contributed by atoms with Crippen molar-refractivity contribution in [2.75, 3.05) is 20.2 Å². The molecule has 112 valence electrons. The molecule has 1 atom stereocenters. The lowest BCUT2D eigenvalue weighted by atomic mass is 10.2. The Labute approximate surface area is 117 Å². The number of imidazole rings is 1. The zero-order valence-corrected chi connectivity index (χ0v) is 11.6. The zero-order chi connectivity index (χ0) is 15.0. The summed E-state index contributed by atoms with van der Waals surface area (Å²) in [5.74, 6) is -0.0835. The number of rotatable bonds is 8. The number of urea groups is 1. The second-order valence-corrected chi connectivity index (χ2v) is 4.30. The van der Waals surface area contributed by atoms with Gasteiger partial charge in [0.15, 0.2) is 0 Å². The molecule has 1 rings (SSSR count). The van der Waals surface area contributed by atoms with Crippen LogP contribution in [0.5, 0.6) is 0 Å². The van der Waals surface area contributed by atoms with Crippen LogP contribution in [0.25, 0.3) is 0 Å². The summed E-state index contributed by atoms with van der Waals surface area (Å²) in [4.78, 5) is 26.2. The first-order valence-electron chi connectivity index (χ1n) is 6.25. The molecule has 0 aliphatic rings. The van der Waals surface area contributed by atoms with Crippen LogP contribution in [0.3, 0.4) is 0 Å². The minimum atomic E-state index is -0.964. The predicted molar refractivity (Wildman–Crippen MR) is 71.4 cm³/mol. The second kappa shape index (κ2) is 8.16. The van der Waals surface area contributed by atoms with Gasteiger partial charge in [-0.05, 0) is 0 Å².